The first kappa shape index (κ1) is 27.4. The number of aliphatic hydroxyl groups is 1. The Balaban J connectivity index is 1.62. The smallest absolute Gasteiger partial charge is 0.251 e. The number of nitrogens with one attached hydrogen (secondary N) is 2. The summed E-state index contributed by atoms with van der Waals surface area (Å²) in [6, 6.07) is 13.4. The Bertz CT molecular complexity index is 1400. The molecule has 0 fully saturated rings. The van der Waals surface area contributed by atoms with Gasteiger partial charge in [-0.25, -0.2) is 13.1 Å². The molecule has 1 aliphatic heterocycles. The maximum absolute atomic E-state index is 13.3. The Hall–Kier alpha value is -1.66. The highest BCUT2D eigenvalue weighted by Gasteiger charge is 2.45. The number of hydrogen-bond donors (Lipinski definition) is 3. The van der Waals surface area contributed by atoms with Gasteiger partial charge in [-0.2, -0.15) is 0 Å². The molecule has 0 aliphatic carbocycles. The molecule has 3 aromatic rings. The molecule has 0 bridgehead atoms. The Morgan fingerprint density at radius 1 is 1.17 bits per heavy atom. The number of carbonyl (C=O) groups excluding carboxylic acids is 1. The molecule has 0 radical (unpaired) electrons. The Kier molecular flexibility index (Phi) is 8.07. The first-order valence-corrected chi connectivity index (χ1v) is 14.7. The van der Waals surface area contributed by atoms with Crippen molar-refractivity contribution < 1.29 is 23.1 Å². The van der Waals surface area contributed by atoms with Gasteiger partial charge in [0.1, 0.15) is 31.0 Å². The van der Waals surface area contributed by atoms with Gasteiger partial charge in [-0.3, -0.25) is 4.79 Å². The summed E-state index contributed by atoms with van der Waals surface area (Å²) >= 11 is 16.3. The van der Waals surface area contributed by atoms with Gasteiger partial charge in [-0.15, -0.1) is 11.3 Å². The van der Waals surface area contributed by atoms with E-state index in [1.54, 1.807) is 26.0 Å². The highest BCUT2D eigenvalue weighted by molar-refractivity contribution is 9.10. The zero-order chi connectivity index (χ0) is 26.3. The van der Waals surface area contributed by atoms with E-state index in [9.17, 15) is 18.3 Å². The lowest BCUT2D eigenvalue weighted by molar-refractivity contribution is -0.0603. The minimum atomic E-state index is -4.22. The van der Waals surface area contributed by atoms with E-state index in [1.165, 1.54) is 6.07 Å². The van der Waals surface area contributed by atoms with Crippen molar-refractivity contribution in [2.24, 2.45) is 0 Å². The fourth-order valence-corrected chi connectivity index (χ4v) is 8.71. The zero-order valence-corrected chi connectivity index (χ0v) is 23.9. The zero-order valence-electron chi connectivity index (χ0n) is 19.2. The van der Waals surface area contributed by atoms with Crippen LogP contribution in [-0.4, -0.2) is 37.7 Å². The molecule has 1 aliphatic rings. The van der Waals surface area contributed by atoms with Gasteiger partial charge in [-0.05, 0) is 60.0 Å². The lowest BCUT2D eigenvalue weighted by atomic mass is 9.86. The maximum Gasteiger partial charge on any atom is 0.251 e. The second-order valence-electron chi connectivity index (χ2n) is 8.79. The van der Waals surface area contributed by atoms with Crippen LogP contribution in [0, 0.1) is 0 Å². The van der Waals surface area contributed by atoms with Crippen molar-refractivity contribution in [2.75, 3.05) is 6.54 Å². The van der Waals surface area contributed by atoms with Crippen LogP contribution in [0.15, 0.2) is 57.9 Å². The first-order chi connectivity index (χ1) is 16.9. The molecule has 2 aromatic carbocycles. The van der Waals surface area contributed by atoms with Gasteiger partial charge < -0.3 is 15.2 Å². The fraction of sp³-hybridized carbons (Fsp3) is 0.292. The summed E-state index contributed by atoms with van der Waals surface area (Å²) in [7, 11) is -4.22. The maximum atomic E-state index is 13.3. The number of ether oxygens (including phenoxy) is 1. The quantitative estimate of drug-likeness (QED) is 0.326. The summed E-state index contributed by atoms with van der Waals surface area (Å²) in [4.78, 5) is 12.6. The van der Waals surface area contributed by atoms with Gasteiger partial charge in [0.05, 0.1) is 10.5 Å². The predicted molar refractivity (Wildman–Crippen MR) is 145 cm³/mol. The molecule has 1 aromatic heterocycles. The number of aliphatic hydroxyl groups excluding tert-OH is 1. The number of carbonyl (C=O) groups is 1. The second-order valence-corrected chi connectivity index (χ2v) is 13.5. The lowest BCUT2D eigenvalue weighted by Gasteiger charge is -2.42. The average Bonchev–Trinajstić information content (AvgIpc) is 3.08. The van der Waals surface area contributed by atoms with E-state index in [0.717, 1.165) is 16.9 Å². The van der Waals surface area contributed by atoms with Crippen molar-refractivity contribution in [2.45, 2.75) is 42.9 Å². The van der Waals surface area contributed by atoms with E-state index in [1.807, 2.05) is 30.3 Å². The van der Waals surface area contributed by atoms with Crippen LogP contribution in [0.2, 0.25) is 8.67 Å². The van der Waals surface area contributed by atoms with Crippen molar-refractivity contribution in [3.05, 3.63) is 78.4 Å². The topological polar surface area (TPSA) is 105 Å². The van der Waals surface area contributed by atoms with E-state index in [2.05, 4.69) is 26.0 Å². The molecule has 0 saturated carbocycles. The molecule has 2 atom stereocenters. The number of halogens is 3. The number of hydrogen-bond acceptors (Lipinski definition) is 6. The molecule has 4 rings (SSSR count). The molecule has 7 nitrogen and oxygen atoms in total. The molecule has 0 unspecified atom stereocenters. The molecule has 2 heterocycles. The number of fused-ring (bicyclic) bond motifs is 1. The summed E-state index contributed by atoms with van der Waals surface area (Å²) < 4.78 is 35.4. The van der Waals surface area contributed by atoms with Crippen LogP contribution in [0.4, 0.5) is 0 Å². The van der Waals surface area contributed by atoms with Crippen LogP contribution < -0.4 is 14.8 Å². The molecule has 12 heteroatoms. The number of amides is 1. The third-order valence-corrected chi connectivity index (χ3v) is 10.7. The summed E-state index contributed by atoms with van der Waals surface area (Å²) in [5.74, 6) is 0.0254. The molecular formula is C24H23BrCl2N2O5S2. The van der Waals surface area contributed by atoms with E-state index < -0.39 is 27.8 Å². The van der Waals surface area contributed by atoms with Gasteiger partial charge >= 0.3 is 0 Å². The average molecular weight is 634 g/mol. The summed E-state index contributed by atoms with van der Waals surface area (Å²) in [5.41, 5.74) is 0.608. The fourth-order valence-electron chi connectivity index (χ4n) is 3.93. The number of thiophene rings is 1. The SMILES string of the molecule is CC1(C)Oc2ccc(C(=O)NCCc3ccccc3)cc2[C@@H](NS(=O)(=O)c2c(Cl)sc(Cl)c2Br)[C@@H]1O. The Labute approximate surface area is 232 Å². The van der Waals surface area contributed by atoms with E-state index in [4.69, 9.17) is 27.9 Å². The standard InChI is InChI=1S/C24H23BrCl2N2O5S2/c1-24(2)20(30)18(29-36(32,33)19-17(25)21(26)35-22(19)27)15-12-14(8-9-16(15)34-24)23(31)28-11-10-13-6-4-3-5-7-13/h3-9,12,18,20,29-30H,10-11H2,1-2H3,(H,28,31)/t18-,20+/m1/s1. The van der Waals surface area contributed by atoms with E-state index in [-0.39, 0.29) is 23.9 Å². The minimum Gasteiger partial charge on any atom is -0.485 e. The van der Waals surface area contributed by atoms with Crippen LogP contribution in [0.5, 0.6) is 5.75 Å². The van der Waals surface area contributed by atoms with Crippen LogP contribution in [0.3, 0.4) is 0 Å². The van der Waals surface area contributed by atoms with Crippen molar-refractivity contribution in [1.82, 2.24) is 10.0 Å². The van der Waals surface area contributed by atoms with Crippen molar-refractivity contribution >= 4 is 66.4 Å². The molecular weight excluding hydrogens is 611 g/mol. The monoisotopic (exact) mass is 632 g/mol. The highest BCUT2D eigenvalue weighted by atomic mass is 79.9. The molecule has 0 spiro atoms. The molecule has 0 saturated heterocycles. The largest absolute Gasteiger partial charge is 0.485 e. The van der Waals surface area contributed by atoms with Gasteiger partial charge in [0.2, 0.25) is 10.0 Å². The van der Waals surface area contributed by atoms with Gasteiger partial charge in [0, 0.05) is 17.7 Å². The minimum absolute atomic E-state index is 0.0213. The first-order valence-electron chi connectivity index (χ1n) is 10.9. The number of rotatable bonds is 7. The predicted octanol–water partition coefficient (Wildman–Crippen LogP) is 5.34. The number of sulfonamides is 1. The third-order valence-electron chi connectivity index (χ3n) is 5.83. The van der Waals surface area contributed by atoms with Gasteiger partial charge in [0.25, 0.3) is 5.91 Å². The number of benzene rings is 2. The molecule has 1 amide bonds. The Morgan fingerprint density at radius 2 is 1.86 bits per heavy atom. The molecule has 36 heavy (non-hydrogen) atoms. The van der Waals surface area contributed by atoms with Crippen LogP contribution >= 0.6 is 50.5 Å². The van der Waals surface area contributed by atoms with Crippen molar-refractivity contribution in [1.29, 1.82) is 0 Å². The van der Waals surface area contributed by atoms with Crippen LogP contribution in [0.25, 0.3) is 0 Å². The van der Waals surface area contributed by atoms with Crippen LogP contribution in [0.1, 0.15) is 41.4 Å². The third kappa shape index (κ3) is 5.60. The second kappa shape index (κ2) is 10.6. The van der Waals surface area contributed by atoms with Gasteiger partial charge in [0.15, 0.2) is 0 Å². The summed E-state index contributed by atoms with van der Waals surface area (Å²) in [6.07, 6.45) is -0.614. The summed E-state index contributed by atoms with van der Waals surface area (Å²) in [6.45, 7) is 3.72. The van der Waals surface area contributed by atoms with E-state index >= 15 is 0 Å². The molecule has 3 N–H and O–H groups in total. The van der Waals surface area contributed by atoms with Gasteiger partial charge in [-0.1, -0.05) is 53.5 Å². The van der Waals surface area contributed by atoms with Crippen LogP contribution in [-0.2, 0) is 16.4 Å². The summed E-state index contributed by atoms with van der Waals surface area (Å²) in [5, 5.41) is 13.9. The van der Waals surface area contributed by atoms with Crippen molar-refractivity contribution in [3.63, 3.8) is 0 Å². The lowest BCUT2D eigenvalue weighted by Crippen LogP contribution is -2.53. The van der Waals surface area contributed by atoms with Crippen molar-refractivity contribution in [3.8, 4) is 5.75 Å². The Morgan fingerprint density at radius 3 is 2.50 bits per heavy atom. The highest BCUT2D eigenvalue weighted by Crippen LogP contribution is 2.45. The normalized spacial score (nSPS) is 18.8. The molecule has 192 valence electrons. The van der Waals surface area contributed by atoms with E-state index in [0.29, 0.717) is 29.8 Å².